The minimum Gasteiger partial charge on any atom is -0.369 e. The van der Waals surface area contributed by atoms with Gasteiger partial charge in [-0.05, 0) is 18.2 Å². The summed E-state index contributed by atoms with van der Waals surface area (Å²) in [5.41, 5.74) is 5.03. The molecule has 1 aliphatic rings. The second-order valence-corrected chi connectivity index (χ2v) is 4.21. The summed E-state index contributed by atoms with van der Waals surface area (Å²) in [7, 11) is 0. The maximum absolute atomic E-state index is 11.3. The zero-order valence-corrected chi connectivity index (χ0v) is 8.36. The van der Waals surface area contributed by atoms with E-state index in [2.05, 4.69) is 6.92 Å². The molecular formula is C9H15NOS. The van der Waals surface area contributed by atoms with Gasteiger partial charge in [0.15, 0.2) is 0 Å². The molecule has 0 fully saturated rings. The number of primary amides is 1. The van der Waals surface area contributed by atoms with Gasteiger partial charge in [-0.3, -0.25) is 4.79 Å². The lowest BCUT2D eigenvalue weighted by atomic mass is 9.80. The molecule has 0 radical (unpaired) electrons. The third kappa shape index (κ3) is 1.26. The molecule has 0 aromatic rings. The van der Waals surface area contributed by atoms with Crippen LogP contribution in [0.1, 0.15) is 26.7 Å². The quantitative estimate of drug-likeness (QED) is 0.729. The Morgan fingerprint density at radius 2 is 2.33 bits per heavy atom. The summed E-state index contributed by atoms with van der Waals surface area (Å²) in [4.78, 5) is 11.3. The number of hydrogen-bond donors (Lipinski definition) is 1. The molecule has 0 aromatic carbocycles. The summed E-state index contributed by atoms with van der Waals surface area (Å²) >= 11 is 1.72. The molecule has 2 N–H and O–H groups in total. The fraction of sp³-hybridized carbons (Fsp3) is 0.667. The van der Waals surface area contributed by atoms with Gasteiger partial charge in [-0.15, -0.1) is 11.8 Å². The monoisotopic (exact) mass is 185 g/mol. The van der Waals surface area contributed by atoms with Gasteiger partial charge in [0.1, 0.15) is 0 Å². The number of hydrogen-bond acceptors (Lipinski definition) is 2. The van der Waals surface area contributed by atoms with Crippen molar-refractivity contribution in [2.45, 2.75) is 31.9 Å². The Bertz CT molecular complexity index is 215. The lowest BCUT2D eigenvalue weighted by Gasteiger charge is -2.28. The summed E-state index contributed by atoms with van der Waals surface area (Å²) in [5, 5.41) is 2.35. The smallest absolute Gasteiger partial charge is 0.228 e. The van der Waals surface area contributed by atoms with Crippen molar-refractivity contribution in [3.05, 3.63) is 11.5 Å². The molecule has 0 saturated heterocycles. The predicted molar refractivity (Wildman–Crippen MR) is 52.7 cm³/mol. The van der Waals surface area contributed by atoms with Gasteiger partial charge < -0.3 is 5.73 Å². The van der Waals surface area contributed by atoms with E-state index in [0.717, 1.165) is 12.8 Å². The molecule has 3 heteroatoms. The van der Waals surface area contributed by atoms with Crippen molar-refractivity contribution in [2.75, 3.05) is 0 Å². The average Bonchev–Trinajstić information content (AvgIpc) is 2.47. The van der Waals surface area contributed by atoms with E-state index >= 15 is 0 Å². The van der Waals surface area contributed by atoms with Gasteiger partial charge in [-0.1, -0.05) is 19.9 Å². The van der Waals surface area contributed by atoms with E-state index in [1.54, 1.807) is 11.8 Å². The van der Waals surface area contributed by atoms with Crippen molar-refractivity contribution in [1.29, 1.82) is 0 Å². The highest BCUT2D eigenvalue weighted by Gasteiger charge is 2.42. The van der Waals surface area contributed by atoms with Crippen LogP contribution in [0.2, 0.25) is 0 Å². The molecule has 2 nitrogen and oxygen atoms in total. The van der Waals surface area contributed by atoms with Crippen molar-refractivity contribution >= 4 is 17.7 Å². The van der Waals surface area contributed by atoms with E-state index in [1.807, 2.05) is 18.4 Å². The number of rotatable bonds is 3. The Morgan fingerprint density at radius 3 is 2.67 bits per heavy atom. The van der Waals surface area contributed by atoms with Crippen LogP contribution in [-0.2, 0) is 4.79 Å². The maximum atomic E-state index is 11.3. The first-order valence-corrected chi connectivity index (χ1v) is 5.24. The molecule has 0 aromatic heterocycles. The number of carbonyl (C=O) groups excluding carboxylic acids is 1. The molecule has 2 unspecified atom stereocenters. The highest BCUT2D eigenvalue weighted by atomic mass is 32.2. The van der Waals surface area contributed by atoms with Gasteiger partial charge in [0.25, 0.3) is 0 Å². The third-order valence-electron chi connectivity index (χ3n) is 2.60. The van der Waals surface area contributed by atoms with Gasteiger partial charge >= 0.3 is 0 Å². The van der Waals surface area contributed by atoms with Gasteiger partial charge in [0.2, 0.25) is 5.91 Å². The van der Waals surface area contributed by atoms with Crippen molar-refractivity contribution in [3.8, 4) is 0 Å². The minimum atomic E-state index is -0.376. The summed E-state index contributed by atoms with van der Waals surface area (Å²) in [5.74, 6) is -0.182. The zero-order valence-electron chi connectivity index (χ0n) is 7.54. The van der Waals surface area contributed by atoms with Crippen molar-refractivity contribution < 1.29 is 4.79 Å². The van der Waals surface area contributed by atoms with Crippen LogP contribution in [0, 0.1) is 5.41 Å². The molecule has 0 saturated carbocycles. The maximum Gasteiger partial charge on any atom is 0.228 e. The molecule has 1 aliphatic heterocycles. The highest BCUT2D eigenvalue weighted by molar-refractivity contribution is 8.03. The molecule has 0 aliphatic carbocycles. The number of nitrogens with two attached hydrogens (primary N) is 1. The molecule has 0 bridgehead atoms. The van der Waals surface area contributed by atoms with Gasteiger partial charge in [0.05, 0.1) is 5.41 Å². The molecule has 1 heterocycles. The largest absolute Gasteiger partial charge is 0.369 e. The normalized spacial score (nSPS) is 34.0. The van der Waals surface area contributed by atoms with Crippen molar-refractivity contribution in [1.82, 2.24) is 0 Å². The van der Waals surface area contributed by atoms with Crippen LogP contribution in [-0.4, -0.2) is 11.2 Å². The Morgan fingerprint density at radius 1 is 1.67 bits per heavy atom. The van der Waals surface area contributed by atoms with Crippen LogP contribution in [0.3, 0.4) is 0 Å². The zero-order chi connectivity index (χ0) is 9.19. The lowest BCUT2D eigenvalue weighted by molar-refractivity contribution is -0.125. The topological polar surface area (TPSA) is 43.1 Å². The SMILES string of the molecule is CCC1SC=CC1(CC)C(N)=O. The van der Waals surface area contributed by atoms with Crippen molar-refractivity contribution in [3.63, 3.8) is 0 Å². The molecule has 68 valence electrons. The minimum absolute atomic E-state index is 0.182. The van der Waals surface area contributed by atoms with Crippen LogP contribution in [0.5, 0.6) is 0 Å². The fourth-order valence-electron chi connectivity index (χ4n) is 1.71. The highest BCUT2D eigenvalue weighted by Crippen LogP contribution is 2.44. The Kier molecular flexibility index (Phi) is 2.83. The Balaban J connectivity index is 2.90. The number of thioether (sulfide) groups is 1. The van der Waals surface area contributed by atoms with E-state index in [4.69, 9.17) is 5.73 Å². The van der Waals surface area contributed by atoms with Crippen LogP contribution in [0.4, 0.5) is 0 Å². The predicted octanol–water partition coefficient (Wildman–Crippen LogP) is 1.91. The van der Waals surface area contributed by atoms with Gasteiger partial charge in [0, 0.05) is 5.25 Å². The Labute approximate surface area is 77.6 Å². The summed E-state index contributed by atoms with van der Waals surface area (Å²) in [6, 6.07) is 0. The first-order valence-electron chi connectivity index (χ1n) is 4.30. The van der Waals surface area contributed by atoms with Crippen molar-refractivity contribution in [2.24, 2.45) is 11.1 Å². The Hall–Kier alpha value is -0.440. The molecular weight excluding hydrogens is 170 g/mol. The second kappa shape index (κ2) is 3.52. The molecule has 0 spiro atoms. The molecule has 1 amide bonds. The third-order valence-corrected chi connectivity index (χ3v) is 3.97. The van der Waals surface area contributed by atoms with E-state index in [0.29, 0.717) is 5.25 Å². The summed E-state index contributed by atoms with van der Waals surface area (Å²) in [6.07, 6.45) is 3.77. The first-order chi connectivity index (χ1) is 5.67. The van der Waals surface area contributed by atoms with Crippen LogP contribution < -0.4 is 5.73 Å². The summed E-state index contributed by atoms with van der Waals surface area (Å²) in [6.45, 7) is 4.11. The molecule has 12 heavy (non-hydrogen) atoms. The summed E-state index contributed by atoms with van der Waals surface area (Å²) < 4.78 is 0. The fourth-order valence-corrected chi connectivity index (χ4v) is 3.01. The van der Waals surface area contributed by atoms with E-state index in [9.17, 15) is 4.79 Å². The molecule has 2 atom stereocenters. The van der Waals surface area contributed by atoms with E-state index < -0.39 is 0 Å². The first kappa shape index (κ1) is 9.65. The average molecular weight is 185 g/mol. The van der Waals surface area contributed by atoms with E-state index in [1.165, 1.54) is 0 Å². The van der Waals surface area contributed by atoms with Crippen LogP contribution in [0.25, 0.3) is 0 Å². The van der Waals surface area contributed by atoms with Gasteiger partial charge in [-0.25, -0.2) is 0 Å². The van der Waals surface area contributed by atoms with Crippen LogP contribution >= 0.6 is 11.8 Å². The van der Waals surface area contributed by atoms with Gasteiger partial charge in [-0.2, -0.15) is 0 Å². The number of carbonyl (C=O) groups is 1. The van der Waals surface area contributed by atoms with Crippen LogP contribution in [0.15, 0.2) is 11.5 Å². The lowest BCUT2D eigenvalue weighted by Crippen LogP contribution is -2.41. The molecule has 1 rings (SSSR count). The standard InChI is InChI=1S/C9H15NOS/c1-3-7-9(4-2,8(10)11)5-6-12-7/h5-7H,3-4H2,1-2H3,(H2,10,11). The second-order valence-electron chi connectivity index (χ2n) is 3.09. The van der Waals surface area contributed by atoms with E-state index in [-0.39, 0.29) is 11.3 Å². The number of amides is 1.